The Morgan fingerprint density at radius 3 is 2.69 bits per heavy atom. The van der Waals surface area contributed by atoms with E-state index in [9.17, 15) is 4.79 Å². The second kappa shape index (κ2) is 9.50. The van der Waals surface area contributed by atoms with Gasteiger partial charge in [-0.3, -0.25) is 9.69 Å². The van der Waals surface area contributed by atoms with Crippen LogP contribution in [0.25, 0.3) is 21.3 Å². The van der Waals surface area contributed by atoms with E-state index in [1.54, 1.807) is 11.3 Å². The Hall–Kier alpha value is -2.59. The summed E-state index contributed by atoms with van der Waals surface area (Å²) in [4.78, 5) is 27.0. The molecular formula is C22H20ClN5O2S2. The van der Waals surface area contributed by atoms with Crippen LogP contribution in [0.15, 0.2) is 51.7 Å². The van der Waals surface area contributed by atoms with Crippen molar-refractivity contribution in [3.8, 4) is 21.3 Å². The molecule has 4 aromatic rings. The first-order chi connectivity index (χ1) is 15.7. The van der Waals surface area contributed by atoms with E-state index in [4.69, 9.17) is 16.1 Å². The van der Waals surface area contributed by atoms with Crippen molar-refractivity contribution in [1.82, 2.24) is 24.9 Å². The number of rotatable bonds is 6. The smallest absolute Gasteiger partial charge is 0.241 e. The Labute approximate surface area is 198 Å². The number of thiazole rings is 1. The molecular weight excluding hydrogens is 466 g/mol. The van der Waals surface area contributed by atoms with Gasteiger partial charge in [-0.2, -0.15) is 4.98 Å². The Kier molecular flexibility index (Phi) is 6.31. The van der Waals surface area contributed by atoms with Crippen LogP contribution < -0.4 is 0 Å². The van der Waals surface area contributed by atoms with Crippen LogP contribution in [-0.2, 0) is 17.8 Å². The number of hydrogen-bond donors (Lipinski definition) is 0. The molecule has 0 radical (unpaired) electrons. The van der Waals surface area contributed by atoms with Crippen LogP contribution in [0.2, 0.25) is 5.02 Å². The highest BCUT2D eigenvalue weighted by Crippen LogP contribution is 2.30. The predicted octanol–water partition coefficient (Wildman–Crippen LogP) is 4.46. The summed E-state index contributed by atoms with van der Waals surface area (Å²) < 4.78 is 5.40. The quantitative estimate of drug-likeness (QED) is 0.401. The lowest BCUT2D eigenvalue weighted by atomic mass is 10.2. The molecule has 0 aliphatic carbocycles. The van der Waals surface area contributed by atoms with Gasteiger partial charge in [0.25, 0.3) is 0 Å². The molecule has 32 heavy (non-hydrogen) atoms. The van der Waals surface area contributed by atoms with Gasteiger partial charge in [0.2, 0.25) is 17.6 Å². The van der Waals surface area contributed by atoms with E-state index in [-0.39, 0.29) is 5.91 Å². The van der Waals surface area contributed by atoms with Crippen molar-refractivity contribution in [2.75, 3.05) is 26.2 Å². The first-order valence-electron chi connectivity index (χ1n) is 10.2. The average Bonchev–Trinajstić information content (AvgIpc) is 3.57. The molecule has 0 atom stereocenters. The Balaban J connectivity index is 1.13. The van der Waals surface area contributed by atoms with Crippen LogP contribution in [0.1, 0.15) is 11.6 Å². The summed E-state index contributed by atoms with van der Waals surface area (Å²) >= 11 is 9.36. The largest absolute Gasteiger partial charge is 0.340 e. The molecule has 1 amide bonds. The van der Waals surface area contributed by atoms with E-state index >= 15 is 0 Å². The molecule has 0 bridgehead atoms. The highest BCUT2D eigenvalue weighted by Gasteiger charge is 2.23. The van der Waals surface area contributed by atoms with Crippen molar-refractivity contribution in [3.05, 3.63) is 63.8 Å². The lowest BCUT2D eigenvalue weighted by Crippen LogP contribution is -2.48. The molecule has 1 aromatic carbocycles. The lowest BCUT2D eigenvalue weighted by molar-refractivity contribution is -0.132. The monoisotopic (exact) mass is 485 g/mol. The van der Waals surface area contributed by atoms with Crippen molar-refractivity contribution in [2.45, 2.75) is 13.0 Å². The lowest BCUT2D eigenvalue weighted by Gasteiger charge is -2.33. The molecule has 1 aliphatic heterocycles. The number of aromatic nitrogens is 3. The van der Waals surface area contributed by atoms with Crippen molar-refractivity contribution >= 4 is 40.2 Å². The molecule has 0 spiro atoms. The van der Waals surface area contributed by atoms with Gasteiger partial charge in [0, 0.05) is 37.1 Å². The molecule has 4 heterocycles. The number of amides is 1. The summed E-state index contributed by atoms with van der Waals surface area (Å²) in [5.74, 6) is 1.32. The third-order valence-corrected chi connectivity index (χ3v) is 7.40. The fraction of sp³-hybridized carbons (Fsp3) is 0.273. The fourth-order valence-electron chi connectivity index (χ4n) is 3.58. The van der Waals surface area contributed by atoms with E-state index in [0.29, 0.717) is 42.8 Å². The molecule has 0 saturated carbocycles. The summed E-state index contributed by atoms with van der Waals surface area (Å²) in [6.45, 7) is 3.47. The maximum Gasteiger partial charge on any atom is 0.241 e. The zero-order valence-corrected chi connectivity index (χ0v) is 19.5. The molecule has 1 aliphatic rings. The van der Waals surface area contributed by atoms with Crippen molar-refractivity contribution < 1.29 is 9.32 Å². The minimum absolute atomic E-state index is 0.0958. The number of carbonyl (C=O) groups is 1. The molecule has 5 rings (SSSR count). The maximum absolute atomic E-state index is 12.8. The number of hydrogen-bond acceptors (Lipinski definition) is 8. The minimum Gasteiger partial charge on any atom is -0.340 e. The number of piperazine rings is 1. The Bertz CT molecular complexity index is 1200. The van der Waals surface area contributed by atoms with Gasteiger partial charge in [-0.25, -0.2) is 4.98 Å². The zero-order valence-electron chi connectivity index (χ0n) is 17.1. The maximum atomic E-state index is 12.8. The normalized spacial score (nSPS) is 14.7. The molecule has 0 N–H and O–H groups in total. The third-order valence-electron chi connectivity index (χ3n) is 5.28. The Morgan fingerprint density at radius 2 is 1.91 bits per heavy atom. The molecule has 164 valence electrons. The fourth-order valence-corrected chi connectivity index (χ4v) is 5.37. The molecule has 10 heteroatoms. The highest BCUT2D eigenvalue weighted by atomic mass is 35.5. The van der Waals surface area contributed by atoms with Crippen LogP contribution in [0.3, 0.4) is 0 Å². The minimum atomic E-state index is 0.0958. The predicted molar refractivity (Wildman–Crippen MR) is 126 cm³/mol. The number of nitrogens with zero attached hydrogens (tertiary/aromatic N) is 5. The summed E-state index contributed by atoms with van der Waals surface area (Å²) in [6, 6.07) is 11.6. The second-order valence-corrected chi connectivity index (χ2v) is 9.66. The van der Waals surface area contributed by atoms with Crippen LogP contribution in [-0.4, -0.2) is 57.0 Å². The van der Waals surface area contributed by atoms with E-state index < -0.39 is 0 Å². The number of benzene rings is 1. The second-order valence-electron chi connectivity index (χ2n) is 7.45. The molecule has 1 saturated heterocycles. The SMILES string of the molecule is O=C(Cc1csc(-c2ccccc2Cl)n1)N1CCN(Cc2nc(-c3cccs3)no2)CC1. The molecule has 7 nitrogen and oxygen atoms in total. The summed E-state index contributed by atoms with van der Waals surface area (Å²) in [6.07, 6.45) is 0.300. The summed E-state index contributed by atoms with van der Waals surface area (Å²) in [7, 11) is 0. The van der Waals surface area contributed by atoms with Crippen LogP contribution in [0, 0.1) is 0 Å². The van der Waals surface area contributed by atoms with Crippen LogP contribution in [0.5, 0.6) is 0 Å². The van der Waals surface area contributed by atoms with Crippen LogP contribution in [0.4, 0.5) is 0 Å². The molecule has 0 unspecified atom stereocenters. The van der Waals surface area contributed by atoms with Crippen LogP contribution >= 0.6 is 34.3 Å². The molecule has 3 aromatic heterocycles. The van der Waals surface area contributed by atoms with E-state index in [2.05, 4.69) is 20.0 Å². The van der Waals surface area contributed by atoms with Gasteiger partial charge in [-0.15, -0.1) is 22.7 Å². The first kappa shape index (κ1) is 21.3. The van der Waals surface area contributed by atoms with Gasteiger partial charge in [0.1, 0.15) is 5.01 Å². The van der Waals surface area contributed by atoms with Gasteiger partial charge < -0.3 is 9.42 Å². The molecule has 1 fully saturated rings. The van der Waals surface area contributed by atoms with E-state index in [1.807, 2.05) is 52.1 Å². The van der Waals surface area contributed by atoms with Gasteiger partial charge in [0.15, 0.2) is 0 Å². The highest BCUT2D eigenvalue weighted by molar-refractivity contribution is 7.13. The van der Waals surface area contributed by atoms with Gasteiger partial charge in [-0.1, -0.05) is 41.0 Å². The Morgan fingerprint density at radius 1 is 1.06 bits per heavy atom. The van der Waals surface area contributed by atoms with Gasteiger partial charge in [0.05, 0.1) is 28.6 Å². The van der Waals surface area contributed by atoms with E-state index in [1.165, 1.54) is 11.3 Å². The topological polar surface area (TPSA) is 75.4 Å². The zero-order chi connectivity index (χ0) is 21.9. The van der Waals surface area contributed by atoms with Crippen molar-refractivity contribution in [2.24, 2.45) is 0 Å². The van der Waals surface area contributed by atoms with Gasteiger partial charge in [-0.05, 0) is 17.5 Å². The average molecular weight is 486 g/mol. The third kappa shape index (κ3) is 4.75. The van der Waals surface area contributed by atoms with Gasteiger partial charge >= 0.3 is 0 Å². The number of thiophene rings is 1. The van der Waals surface area contributed by atoms with E-state index in [0.717, 1.165) is 34.2 Å². The summed E-state index contributed by atoms with van der Waals surface area (Å²) in [5, 5.41) is 9.50. The standard InChI is InChI=1S/C22H20ClN5O2S2/c23-17-5-2-1-4-16(17)22-24-15(14-32-22)12-20(29)28-9-7-27(8-10-28)13-19-25-21(26-30-19)18-6-3-11-31-18/h1-6,11,14H,7-10,12-13H2. The summed E-state index contributed by atoms with van der Waals surface area (Å²) in [5.41, 5.74) is 1.68. The number of carbonyl (C=O) groups excluding carboxylic acids is 1. The first-order valence-corrected chi connectivity index (χ1v) is 12.4. The van der Waals surface area contributed by atoms with Crippen molar-refractivity contribution in [1.29, 1.82) is 0 Å². The van der Waals surface area contributed by atoms with Crippen molar-refractivity contribution in [3.63, 3.8) is 0 Å². The number of halogens is 1.